The minimum Gasteiger partial charge on any atom is -0.390 e. The maximum Gasteiger partial charge on any atom is 0.418 e. The highest BCUT2D eigenvalue weighted by atomic mass is 35.5. The van der Waals surface area contributed by atoms with E-state index >= 15 is 0 Å². The van der Waals surface area contributed by atoms with Crippen molar-refractivity contribution in [2.75, 3.05) is 5.32 Å². The van der Waals surface area contributed by atoms with Crippen molar-refractivity contribution >= 4 is 29.0 Å². The molecular formula is C18H14ClN5O2. The molecule has 0 aliphatic rings. The van der Waals surface area contributed by atoms with Gasteiger partial charge in [0.2, 0.25) is 5.88 Å². The lowest BCUT2D eigenvalue weighted by atomic mass is 10.2. The zero-order chi connectivity index (χ0) is 18.1. The number of carbonyl (C=O) groups excluding carboxylic acids is 1. The first-order valence-corrected chi connectivity index (χ1v) is 8.18. The van der Waals surface area contributed by atoms with Crippen molar-refractivity contribution in [3.05, 3.63) is 66.1 Å². The van der Waals surface area contributed by atoms with E-state index in [1.165, 1.54) is 10.9 Å². The van der Waals surface area contributed by atoms with Gasteiger partial charge in [-0.3, -0.25) is 5.32 Å². The van der Waals surface area contributed by atoms with Crippen molar-refractivity contribution in [2.45, 2.75) is 0 Å². The number of imidazole rings is 1. The van der Waals surface area contributed by atoms with Gasteiger partial charge in [0.05, 0.1) is 11.9 Å². The van der Waals surface area contributed by atoms with E-state index in [2.05, 4.69) is 15.4 Å². The number of aromatic nitrogens is 4. The van der Waals surface area contributed by atoms with Crippen LogP contribution in [0.15, 0.2) is 61.1 Å². The topological polar surface area (TPSA) is 73.5 Å². The first-order chi connectivity index (χ1) is 12.6. The van der Waals surface area contributed by atoms with Gasteiger partial charge in [-0.1, -0.05) is 41.9 Å². The second kappa shape index (κ2) is 6.53. The summed E-state index contributed by atoms with van der Waals surface area (Å²) in [6.45, 7) is 0. The van der Waals surface area contributed by atoms with Gasteiger partial charge in [-0.05, 0) is 6.07 Å². The van der Waals surface area contributed by atoms with Gasteiger partial charge in [-0.25, -0.2) is 14.5 Å². The summed E-state index contributed by atoms with van der Waals surface area (Å²) in [7, 11) is 1.64. The summed E-state index contributed by atoms with van der Waals surface area (Å²) in [4.78, 5) is 16.7. The number of amides is 1. The molecular weight excluding hydrogens is 354 g/mol. The lowest BCUT2D eigenvalue weighted by Gasteiger charge is -2.07. The highest BCUT2D eigenvalue weighted by Crippen LogP contribution is 2.24. The van der Waals surface area contributed by atoms with E-state index < -0.39 is 6.09 Å². The summed E-state index contributed by atoms with van der Waals surface area (Å²) in [6.07, 6.45) is 4.50. The maximum absolute atomic E-state index is 12.1. The van der Waals surface area contributed by atoms with E-state index in [1.807, 2.05) is 47.1 Å². The van der Waals surface area contributed by atoms with Gasteiger partial charge >= 0.3 is 6.09 Å². The fourth-order valence-corrected chi connectivity index (χ4v) is 2.76. The molecule has 0 fully saturated rings. The van der Waals surface area contributed by atoms with Gasteiger partial charge in [0, 0.05) is 36.8 Å². The molecule has 0 bridgehead atoms. The van der Waals surface area contributed by atoms with E-state index in [0.29, 0.717) is 11.3 Å². The summed E-state index contributed by atoms with van der Waals surface area (Å²) in [5, 5.41) is 6.84. The molecule has 0 atom stereocenters. The quantitative estimate of drug-likeness (QED) is 0.594. The van der Waals surface area contributed by atoms with Gasteiger partial charge in [0.1, 0.15) is 10.7 Å². The Morgan fingerprint density at radius 1 is 1.23 bits per heavy atom. The smallest absolute Gasteiger partial charge is 0.390 e. The number of nitrogens with zero attached hydrogens (tertiary/aromatic N) is 4. The SMILES string of the molecule is Cn1ncc(Cl)c1OC(=O)Nc1ccn2cc(-c3ccccc3)nc2c1. The second-order valence-electron chi connectivity index (χ2n) is 5.61. The molecule has 8 heteroatoms. The lowest BCUT2D eigenvalue weighted by molar-refractivity contribution is 0.211. The number of rotatable bonds is 3. The van der Waals surface area contributed by atoms with Gasteiger partial charge in [0.15, 0.2) is 0 Å². The Morgan fingerprint density at radius 2 is 2.04 bits per heavy atom. The highest BCUT2D eigenvalue weighted by molar-refractivity contribution is 6.31. The molecule has 0 saturated heterocycles. The third-order valence-corrected chi connectivity index (χ3v) is 4.07. The zero-order valence-electron chi connectivity index (χ0n) is 13.8. The van der Waals surface area contributed by atoms with Crippen LogP contribution in [-0.4, -0.2) is 25.3 Å². The highest BCUT2D eigenvalue weighted by Gasteiger charge is 2.13. The molecule has 7 nitrogen and oxygen atoms in total. The molecule has 3 heterocycles. The number of carbonyl (C=O) groups is 1. The first-order valence-electron chi connectivity index (χ1n) is 7.80. The number of nitrogens with one attached hydrogen (secondary N) is 1. The summed E-state index contributed by atoms with van der Waals surface area (Å²) < 4.78 is 8.46. The fraction of sp³-hybridized carbons (Fsp3) is 0.0556. The molecule has 0 aliphatic heterocycles. The van der Waals surface area contributed by atoms with E-state index in [9.17, 15) is 4.79 Å². The average molecular weight is 368 g/mol. The predicted octanol–water partition coefficient (Wildman–Crippen LogP) is 4.00. The number of pyridine rings is 1. The molecule has 26 heavy (non-hydrogen) atoms. The number of aryl methyl sites for hydroxylation is 1. The van der Waals surface area contributed by atoms with E-state index in [-0.39, 0.29) is 10.9 Å². The van der Waals surface area contributed by atoms with Crippen LogP contribution in [0, 0.1) is 0 Å². The maximum atomic E-state index is 12.1. The molecule has 0 saturated carbocycles. The number of anilines is 1. The lowest BCUT2D eigenvalue weighted by Crippen LogP contribution is -2.18. The average Bonchev–Trinajstić information content (AvgIpc) is 3.20. The molecule has 0 radical (unpaired) electrons. The molecule has 4 aromatic rings. The molecule has 0 aliphatic carbocycles. The number of ether oxygens (including phenoxy) is 1. The van der Waals surface area contributed by atoms with E-state index in [1.54, 1.807) is 19.2 Å². The Kier molecular flexibility index (Phi) is 4.06. The van der Waals surface area contributed by atoms with Crippen LogP contribution in [0.4, 0.5) is 10.5 Å². The van der Waals surface area contributed by atoms with Gasteiger partial charge in [-0.15, -0.1) is 0 Å². The monoisotopic (exact) mass is 367 g/mol. The Labute approximate surface area is 153 Å². The molecule has 1 amide bonds. The van der Waals surface area contributed by atoms with Gasteiger partial charge < -0.3 is 9.14 Å². The third kappa shape index (κ3) is 3.12. The molecule has 1 aromatic carbocycles. The van der Waals surface area contributed by atoms with Crippen LogP contribution in [0.3, 0.4) is 0 Å². The third-order valence-electron chi connectivity index (χ3n) is 3.81. The van der Waals surface area contributed by atoms with Gasteiger partial charge in [0.25, 0.3) is 0 Å². The molecule has 1 N–H and O–H groups in total. The van der Waals surface area contributed by atoms with Gasteiger partial charge in [-0.2, -0.15) is 5.10 Å². The summed E-state index contributed by atoms with van der Waals surface area (Å²) in [5.74, 6) is 0.178. The van der Waals surface area contributed by atoms with Crippen LogP contribution in [-0.2, 0) is 7.05 Å². The van der Waals surface area contributed by atoms with E-state index in [0.717, 1.165) is 11.3 Å². The number of hydrogen-bond acceptors (Lipinski definition) is 4. The van der Waals surface area contributed by atoms with Crippen LogP contribution >= 0.6 is 11.6 Å². The summed E-state index contributed by atoms with van der Waals surface area (Å²) in [6, 6.07) is 13.4. The Morgan fingerprint density at radius 3 is 2.77 bits per heavy atom. The van der Waals surface area contributed by atoms with Crippen molar-refractivity contribution < 1.29 is 9.53 Å². The molecule has 0 spiro atoms. The second-order valence-corrected chi connectivity index (χ2v) is 6.02. The van der Waals surface area contributed by atoms with Crippen LogP contribution in [0.5, 0.6) is 5.88 Å². The molecule has 4 rings (SSSR count). The standard InChI is InChI=1S/C18H14ClN5O2/c1-23-17(14(19)10-20-23)26-18(25)21-13-7-8-24-11-15(22-16(24)9-13)12-5-3-2-4-6-12/h2-11H,1H3,(H,21,25). The molecule has 3 aromatic heterocycles. The predicted molar refractivity (Wildman–Crippen MR) is 98.5 cm³/mol. The van der Waals surface area contributed by atoms with Crippen molar-refractivity contribution in [3.8, 4) is 17.1 Å². The molecule has 0 unspecified atom stereocenters. The minimum absolute atomic E-state index is 0.178. The summed E-state index contributed by atoms with van der Waals surface area (Å²) >= 11 is 5.93. The van der Waals surface area contributed by atoms with E-state index in [4.69, 9.17) is 16.3 Å². The number of benzene rings is 1. The van der Waals surface area contributed by atoms with Crippen LogP contribution < -0.4 is 10.1 Å². The largest absolute Gasteiger partial charge is 0.418 e. The molecule has 130 valence electrons. The van der Waals surface area contributed by atoms with Crippen molar-refractivity contribution in [2.24, 2.45) is 7.05 Å². The van der Waals surface area contributed by atoms with Crippen molar-refractivity contribution in [1.82, 2.24) is 19.2 Å². The first kappa shape index (κ1) is 16.2. The van der Waals surface area contributed by atoms with Crippen molar-refractivity contribution in [3.63, 3.8) is 0 Å². The van der Waals surface area contributed by atoms with Crippen LogP contribution in [0.2, 0.25) is 5.02 Å². The normalized spacial score (nSPS) is 10.8. The zero-order valence-corrected chi connectivity index (χ0v) is 14.5. The Hall–Kier alpha value is -3.32. The Balaban J connectivity index is 1.55. The van der Waals surface area contributed by atoms with Crippen molar-refractivity contribution in [1.29, 1.82) is 0 Å². The fourth-order valence-electron chi connectivity index (χ4n) is 2.55. The number of fused-ring (bicyclic) bond motifs is 1. The Bertz CT molecular complexity index is 1070. The van der Waals surface area contributed by atoms with Crippen LogP contribution in [0.25, 0.3) is 16.9 Å². The minimum atomic E-state index is -0.658. The number of halogens is 1. The number of hydrogen-bond donors (Lipinski definition) is 1. The van der Waals surface area contributed by atoms with Crippen LogP contribution in [0.1, 0.15) is 0 Å². The summed E-state index contributed by atoms with van der Waals surface area (Å²) in [5.41, 5.74) is 3.15.